The lowest BCUT2D eigenvalue weighted by Gasteiger charge is -2.37. The number of carbonyl (C=O) groups is 7. The van der Waals surface area contributed by atoms with Crippen LogP contribution in [0.1, 0.15) is 90.4 Å². The number of carbonyl (C=O) groups excluding carboxylic acids is 7. The van der Waals surface area contributed by atoms with Crippen molar-refractivity contribution in [2.75, 3.05) is 33.9 Å². The Morgan fingerprint density at radius 2 is 0.961 bits per heavy atom. The van der Waals surface area contributed by atoms with Gasteiger partial charge in [0.05, 0.1) is 14.2 Å². The van der Waals surface area contributed by atoms with Crippen molar-refractivity contribution < 1.29 is 43.0 Å². The molecule has 0 bridgehead atoms. The molecule has 4 rings (SSSR count). The first-order chi connectivity index (χ1) is 23.8. The minimum atomic E-state index is -1.44. The first-order valence-electron chi connectivity index (χ1n) is 17.5. The lowest BCUT2D eigenvalue weighted by atomic mass is 9.99. The summed E-state index contributed by atoms with van der Waals surface area (Å²) in [7, 11) is 2.79. The lowest BCUT2D eigenvalue weighted by molar-refractivity contribution is -0.154. The molecule has 6 amide bonds. The summed E-state index contributed by atoms with van der Waals surface area (Å²) < 4.78 is 10.00. The summed E-state index contributed by atoms with van der Waals surface area (Å²) in [5.74, 6) is -2.76. The molecule has 0 radical (unpaired) electrons. The van der Waals surface area contributed by atoms with Gasteiger partial charge in [-0.2, -0.15) is 0 Å². The maximum absolute atomic E-state index is 13.9. The quantitative estimate of drug-likeness (QED) is 0.283. The Balaban J connectivity index is 1.39. The summed E-state index contributed by atoms with van der Waals surface area (Å²) in [6.07, 6.45) is 2.94. The molecule has 15 nitrogen and oxygen atoms in total. The van der Waals surface area contributed by atoms with Crippen LogP contribution in [-0.2, 0) is 33.5 Å². The molecule has 1 aromatic carbocycles. The third-order valence-corrected chi connectivity index (χ3v) is 9.87. The Morgan fingerprint density at radius 3 is 1.35 bits per heavy atom. The van der Waals surface area contributed by atoms with Crippen LogP contribution in [0.25, 0.3) is 0 Å². The van der Waals surface area contributed by atoms with Crippen LogP contribution in [0.5, 0.6) is 5.75 Å². The fourth-order valence-electron chi connectivity index (χ4n) is 7.07. The maximum Gasteiger partial charge on any atom is 0.328 e. The van der Waals surface area contributed by atoms with Crippen LogP contribution in [0.4, 0.5) is 0 Å². The molecule has 15 heteroatoms. The summed E-state index contributed by atoms with van der Waals surface area (Å²) in [5.41, 5.74) is -3.81. The van der Waals surface area contributed by atoms with Gasteiger partial charge in [-0.3, -0.25) is 28.8 Å². The molecule has 0 spiro atoms. The summed E-state index contributed by atoms with van der Waals surface area (Å²) in [4.78, 5) is 97.9. The Morgan fingerprint density at radius 1 is 0.588 bits per heavy atom. The van der Waals surface area contributed by atoms with E-state index in [4.69, 9.17) is 9.47 Å². The Kier molecular flexibility index (Phi) is 11.7. The van der Waals surface area contributed by atoms with Gasteiger partial charge in [-0.25, -0.2) is 4.79 Å². The van der Waals surface area contributed by atoms with Gasteiger partial charge in [0.15, 0.2) is 0 Å². The highest BCUT2D eigenvalue weighted by Crippen LogP contribution is 2.27. The molecule has 0 unspecified atom stereocenters. The molecule has 3 atom stereocenters. The maximum atomic E-state index is 13.9. The highest BCUT2D eigenvalue weighted by atomic mass is 16.5. The van der Waals surface area contributed by atoms with E-state index in [9.17, 15) is 33.6 Å². The van der Waals surface area contributed by atoms with Gasteiger partial charge in [0.1, 0.15) is 40.5 Å². The number of methoxy groups -OCH3 is 2. The number of esters is 1. The summed E-state index contributed by atoms with van der Waals surface area (Å²) in [6, 6.07) is 3.99. The molecule has 3 fully saturated rings. The minimum Gasteiger partial charge on any atom is -0.497 e. The fraction of sp³-hybridized carbons (Fsp3) is 0.639. The highest BCUT2D eigenvalue weighted by molar-refractivity contribution is 6.01. The van der Waals surface area contributed by atoms with Crippen molar-refractivity contribution in [2.45, 2.75) is 115 Å². The van der Waals surface area contributed by atoms with Crippen molar-refractivity contribution in [2.24, 2.45) is 0 Å². The Hall–Kier alpha value is -4.69. The van der Waals surface area contributed by atoms with Gasteiger partial charge >= 0.3 is 5.97 Å². The van der Waals surface area contributed by atoms with Crippen molar-refractivity contribution in [3.05, 3.63) is 29.8 Å². The van der Waals surface area contributed by atoms with E-state index in [2.05, 4.69) is 16.0 Å². The lowest BCUT2D eigenvalue weighted by Crippen LogP contribution is -2.64. The van der Waals surface area contributed by atoms with E-state index in [1.165, 1.54) is 28.9 Å². The van der Waals surface area contributed by atoms with Crippen LogP contribution >= 0.6 is 0 Å². The van der Waals surface area contributed by atoms with E-state index >= 15 is 0 Å². The van der Waals surface area contributed by atoms with Crippen molar-refractivity contribution in [3.8, 4) is 5.75 Å². The molecule has 3 N–H and O–H groups in total. The zero-order valence-corrected chi connectivity index (χ0v) is 30.9. The predicted octanol–water partition coefficient (Wildman–Crippen LogP) is 1.14. The number of amides is 6. The van der Waals surface area contributed by atoms with Gasteiger partial charge in [0, 0.05) is 25.2 Å². The normalized spacial score (nSPS) is 20.9. The molecular formula is C36H52N6O9. The van der Waals surface area contributed by atoms with E-state index in [0.717, 1.165) is 0 Å². The average Bonchev–Trinajstić information content (AvgIpc) is 3.87. The molecule has 1 aromatic rings. The van der Waals surface area contributed by atoms with Gasteiger partial charge in [-0.1, -0.05) is 0 Å². The van der Waals surface area contributed by atoms with Gasteiger partial charge in [-0.05, 0) is 104 Å². The second-order valence-electron chi connectivity index (χ2n) is 15.0. The number of hydrogen-bond donors (Lipinski definition) is 3. The molecule has 3 aliphatic rings. The number of likely N-dealkylation sites (tertiary alicyclic amines) is 3. The van der Waals surface area contributed by atoms with E-state index in [1.807, 2.05) is 0 Å². The molecular weight excluding hydrogens is 660 g/mol. The Labute approximate surface area is 299 Å². The predicted molar refractivity (Wildman–Crippen MR) is 185 cm³/mol. The summed E-state index contributed by atoms with van der Waals surface area (Å²) in [6.45, 7) is 10.3. The minimum absolute atomic E-state index is 0.275. The number of nitrogens with one attached hydrogen (secondary N) is 3. The zero-order valence-electron chi connectivity index (χ0n) is 30.9. The van der Waals surface area contributed by atoms with Gasteiger partial charge in [0.2, 0.25) is 29.5 Å². The third kappa shape index (κ3) is 8.45. The molecule has 3 aliphatic heterocycles. The second kappa shape index (κ2) is 15.3. The molecule has 3 heterocycles. The van der Waals surface area contributed by atoms with Crippen molar-refractivity contribution in [1.82, 2.24) is 30.7 Å². The largest absolute Gasteiger partial charge is 0.497 e. The highest BCUT2D eigenvalue weighted by Gasteiger charge is 2.47. The molecule has 0 aromatic heterocycles. The fourth-order valence-corrected chi connectivity index (χ4v) is 7.07. The molecule has 280 valence electrons. The standard InChI is InChI=1S/C36H52N6O9/c1-34(2,37-27(43)22-15-17-23(50-7)18-16-22)31(47)40-19-9-12-24(40)28(44)38-35(3,4)32(48)41-20-10-13-25(41)29(45)39-36(5,6)33(49)42-21-11-14-26(42)30(46)51-8/h15-18,24-26H,9-14,19-21H2,1-8H3,(H,37,43)(H,38,44)(H,39,45)/t24-,25-,26-/m0/s1. The van der Waals surface area contributed by atoms with E-state index in [0.29, 0.717) is 62.9 Å². The van der Waals surface area contributed by atoms with Gasteiger partial charge < -0.3 is 40.1 Å². The Bertz CT molecular complexity index is 1540. The molecule has 51 heavy (non-hydrogen) atoms. The molecule has 3 saturated heterocycles. The van der Waals surface area contributed by atoms with Gasteiger partial charge in [0.25, 0.3) is 5.91 Å². The number of rotatable bonds is 11. The number of ether oxygens (including phenoxy) is 2. The zero-order chi connectivity index (χ0) is 37.9. The SMILES string of the molecule is COC(=O)[C@@H]1CCCN1C(=O)C(C)(C)NC(=O)[C@@H]1CCCN1C(=O)C(C)(C)NC(=O)[C@@H]1CCCN1C(=O)C(C)(C)NC(=O)c1ccc(OC)cc1. The van der Waals surface area contributed by atoms with Crippen LogP contribution in [0, 0.1) is 0 Å². The van der Waals surface area contributed by atoms with E-state index < -0.39 is 76.2 Å². The number of nitrogens with zero attached hydrogens (tertiary/aromatic N) is 3. The molecule has 0 aliphatic carbocycles. The average molecular weight is 713 g/mol. The van der Waals surface area contributed by atoms with E-state index in [1.54, 1.807) is 65.8 Å². The summed E-state index contributed by atoms with van der Waals surface area (Å²) >= 11 is 0. The topological polar surface area (TPSA) is 184 Å². The van der Waals surface area contributed by atoms with Crippen molar-refractivity contribution in [1.29, 1.82) is 0 Å². The van der Waals surface area contributed by atoms with Crippen molar-refractivity contribution in [3.63, 3.8) is 0 Å². The van der Waals surface area contributed by atoms with Crippen LogP contribution in [-0.4, -0.2) is 125 Å². The first kappa shape index (κ1) is 39.1. The van der Waals surface area contributed by atoms with Gasteiger partial charge in [-0.15, -0.1) is 0 Å². The number of hydrogen-bond acceptors (Lipinski definition) is 9. The van der Waals surface area contributed by atoms with Crippen molar-refractivity contribution >= 4 is 41.4 Å². The van der Waals surface area contributed by atoms with Crippen LogP contribution in [0.2, 0.25) is 0 Å². The number of benzene rings is 1. The summed E-state index contributed by atoms with van der Waals surface area (Å²) in [5, 5.41) is 8.37. The van der Waals surface area contributed by atoms with Crippen LogP contribution < -0.4 is 20.7 Å². The van der Waals surface area contributed by atoms with Crippen LogP contribution in [0.3, 0.4) is 0 Å². The smallest absolute Gasteiger partial charge is 0.328 e. The van der Waals surface area contributed by atoms with Crippen LogP contribution in [0.15, 0.2) is 24.3 Å². The molecule has 0 saturated carbocycles. The first-order valence-corrected chi connectivity index (χ1v) is 17.5. The monoisotopic (exact) mass is 712 g/mol. The van der Waals surface area contributed by atoms with E-state index in [-0.39, 0.29) is 6.54 Å². The third-order valence-electron chi connectivity index (χ3n) is 9.87. The second-order valence-corrected chi connectivity index (χ2v) is 15.0.